The summed E-state index contributed by atoms with van der Waals surface area (Å²) in [6.45, 7) is 4.48. The van der Waals surface area contributed by atoms with Gasteiger partial charge in [-0.15, -0.1) is 11.3 Å². The monoisotopic (exact) mass is 450 g/mol. The van der Waals surface area contributed by atoms with Crippen LogP contribution in [0.5, 0.6) is 0 Å². The van der Waals surface area contributed by atoms with Crippen LogP contribution in [-0.2, 0) is 11.3 Å². The number of rotatable bonds is 7. The van der Waals surface area contributed by atoms with Crippen molar-refractivity contribution in [1.82, 2.24) is 9.55 Å². The highest BCUT2D eigenvalue weighted by Crippen LogP contribution is 2.24. The molecule has 3 N–H and O–H groups in total. The molecule has 7 nitrogen and oxygen atoms in total. The number of anilines is 1. The van der Waals surface area contributed by atoms with E-state index in [-0.39, 0.29) is 28.7 Å². The standard InChI is InChI=1S/C19H19ClN4O3S2/c1-10(2)8-24-18(27)12-4-3-11(20)7-14(12)22-19(24)29-9-15(25)23-17-13(16(21)26)5-6-28-17/h3-7,10H,8-9H2,1-2H3,(H2,21,26)(H,23,25). The molecule has 0 saturated carbocycles. The first-order valence-electron chi connectivity index (χ1n) is 8.76. The van der Waals surface area contributed by atoms with Crippen molar-refractivity contribution in [2.45, 2.75) is 25.5 Å². The van der Waals surface area contributed by atoms with Crippen molar-refractivity contribution in [3.63, 3.8) is 0 Å². The van der Waals surface area contributed by atoms with E-state index in [2.05, 4.69) is 10.3 Å². The maximum Gasteiger partial charge on any atom is 0.262 e. The summed E-state index contributed by atoms with van der Waals surface area (Å²) in [4.78, 5) is 41.3. The van der Waals surface area contributed by atoms with Gasteiger partial charge in [-0.25, -0.2) is 4.98 Å². The summed E-state index contributed by atoms with van der Waals surface area (Å²) in [6.07, 6.45) is 0. The Morgan fingerprint density at radius 3 is 2.79 bits per heavy atom. The smallest absolute Gasteiger partial charge is 0.262 e. The lowest BCUT2D eigenvalue weighted by Crippen LogP contribution is -2.26. The maximum atomic E-state index is 12.9. The fraction of sp³-hybridized carbons (Fsp3) is 0.263. The third kappa shape index (κ3) is 4.98. The van der Waals surface area contributed by atoms with E-state index in [4.69, 9.17) is 17.3 Å². The molecule has 0 aliphatic heterocycles. The molecule has 1 aromatic carbocycles. The van der Waals surface area contributed by atoms with Crippen molar-refractivity contribution < 1.29 is 9.59 Å². The molecule has 0 fully saturated rings. The molecule has 2 amide bonds. The van der Waals surface area contributed by atoms with Crippen molar-refractivity contribution in [2.24, 2.45) is 11.7 Å². The van der Waals surface area contributed by atoms with Gasteiger partial charge in [-0.05, 0) is 35.6 Å². The predicted molar refractivity (Wildman–Crippen MR) is 118 cm³/mol. The lowest BCUT2D eigenvalue weighted by atomic mass is 10.2. The normalized spacial score (nSPS) is 11.2. The van der Waals surface area contributed by atoms with E-state index in [0.717, 1.165) is 11.8 Å². The number of nitrogens with zero attached hydrogens (tertiary/aromatic N) is 2. The molecular formula is C19H19ClN4O3S2. The van der Waals surface area contributed by atoms with E-state index in [1.807, 2.05) is 13.8 Å². The number of carbonyl (C=O) groups excluding carboxylic acids is 2. The Morgan fingerprint density at radius 2 is 2.10 bits per heavy atom. The van der Waals surface area contributed by atoms with Crippen LogP contribution < -0.4 is 16.6 Å². The third-order valence-electron chi connectivity index (χ3n) is 3.95. The highest BCUT2D eigenvalue weighted by Gasteiger charge is 2.16. The summed E-state index contributed by atoms with van der Waals surface area (Å²) in [5.74, 6) is -0.687. The Kier molecular flexibility index (Phi) is 6.61. The molecule has 3 aromatic rings. The quantitative estimate of drug-likeness (QED) is 0.422. The van der Waals surface area contributed by atoms with E-state index >= 15 is 0 Å². The number of fused-ring (bicyclic) bond motifs is 1. The second-order valence-corrected chi connectivity index (χ2v) is 9.03. The Hall–Kier alpha value is -2.36. The topological polar surface area (TPSA) is 107 Å². The van der Waals surface area contributed by atoms with Crippen LogP contribution in [-0.4, -0.2) is 27.1 Å². The Bertz CT molecular complexity index is 1140. The zero-order chi connectivity index (χ0) is 21.1. The van der Waals surface area contributed by atoms with E-state index in [9.17, 15) is 14.4 Å². The first-order valence-corrected chi connectivity index (χ1v) is 11.0. The van der Waals surface area contributed by atoms with Gasteiger partial charge in [-0.1, -0.05) is 37.2 Å². The van der Waals surface area contributed by atoms with Gasteiger partial charge in [0.05, 0.1) is 22.2 Å². The first-order chi connectivity index (χ1) is 13.8. The number of nitrogens with two attached hydrogens (primary N) is 1. The molecule has 0 saturated heterocycles. The number of thioether (sulfide) groups is 1. The third-order valence-corrected chi connectivity index (χ3v) is 5.99. The molecule has 0 atom stereocenters. The lowest BCUT2D eigenvalue weighted by Gasteiger charge is -2.15. The van der Waals surface area contributed by atoms with E-state index in [1.54, 1.807) is 34.2 Å². The van der Waals surface area contributed by atoms with Crippen molar-refractivity contribution >= 4 is 62.4 Å². The number of carbonyl (C=O) groups is 2. The fourth-order valence-electron chi connectivity index (χ4n) is 2.70. The Balaban J connectivity index is 1.86. The van der Waals surface area contributed by atoms with Gasteiger partial charge in [0.2, 0.25) is 5.91 Å². The summed E-state index contributed by atoms with van der Waals surface area (Å²) in [5, 5.41) is 6.17. The van der Waals surface area contributed by atoms with Crippen molar-refractivity contribution in [1.29, 1.82) is 0 Å². The maximum absolute atomic E-state index is 12.9. The Labute approximate surface area is 180 Å². The van der Waals surface area contributed by atoms with Crippen LogP contribution in [0.1, 0.15) is 24.2 Å². The number of primary amides is 1. The summed E-state index contributed by atoms with van der Waals surface area (Å²) < 4.78 is 1.58. The molecule has 2 heterocycles. The summed E-state index contributed by atoms with van der Waals surface area (Å²) in [7, 11) is 0. The summed E-state index contributed by atoms with van der Waals surface area (Å²) in [5.41, 5.74) is 5.88. The van der Waals surface area contributed by atoms with Gasteiger partial charge < -0.3 is 11.1 Å². The zero-order valence-corrected chi connectivity index (χ0v) is 18.2. The minimum Gasteiger partial charge on any atom is -0.366 e. The average Bonchev–Trinajstić information content (AvgIpc) is 3.10. The molecule has 0 radical (unpaired) electrons. The van der Waals surface area contributed by atoms with Crippen LogP contribution in [0, 0.1) is 5.92 Å². The fourth-order valence-corrected chi connectivity index (χ4v) is 4.49. The Morgan fingerprint density at radius 1 is 1.34 bits per heavy atom. The largest absolute Gasteiger partial charge is 0.366 e. The molecule has 0 unspecified atom stereocenters. The van der Waals surface area contributed by atoms with E-state index in [0.29, 0.717) is 32.6 Å². The van der Waals surface area contributed by atoms with Crippen LogP contribution >= 0.6 is 34.7 Å². The zero-order valence-electron chi connectivity index (χ0n) is 15.8. The van der Waals surface area contributed by atoms with Crippen LogP contribution in [0.3, 0.4) is 0 Å². The SMILES string of the molecule is CC(C)Cn1c(SCC(=O)Nc2sccc2C(N)=O)nc2cc(Cl)ccc2c1=O. The van der Waals surface area contributed by atoms with Crippen LogP contribution in [0.4, 0.5) is 5.00 Å². The number of hydrogen-bond donors (Lipinski definition) is 2. The van der Waals surface area contributed by atoms with Crippen molar-refractivity contribution in [2.75, 3.05) is 11.1 Å². The molecule has 2 aromatic heterocycles. The van der Waals surface area contributed by atoms with Gasteiger partial charge >= 0.3 is 0 Å². The van der Waals surface area contributed by atoms with Gasteiger partial charge in [0.25, 0.3) is 11.5 Å². The molecule has 29 heavy (non-hydrogen) atoms. The highest BCUT2D eigenvalue weighted by atomic mass is 35.5. The van der Waals surface area contributed by atoms with Gasteiger partial charge in [-0.2, -0.15) is 0 Å². The van der Waals surface area contributed by atoms with Crippen molar-refractivity contribution in [3.8, 4) is 0 Å². The number of nitrogens with one attached hydrogen (secondary N) is 1. The highest BCUT2D eigenvalue weighted by molar-refractivity contribution is 7.99. The van der Waals surface area contributed by atoms with Crippen LogP contribution in [0.25, 0.3) is 10.9 Å². The van der Waals surface area contributed by atoms with Gasteiger partial charge in [0.15, 0.2) is 5.16 Å². The second kappa shape index (κ2) is 8.98. The van der Waals surface area contributed by atoms with Crippen LogP contribution in [0.15, 0.2) is 39.6 Å². The van der Waals surface area contributed by atoms with E-state index in [1.165, 1.54) is 11.3 Å². The average molecular weight is 451 g/mol. The number of amides is 2. The lowest BCUT2D eigenvalue weighted by molar-refractivity contribution is -0.113. The van der Waals surface area contributed by atoms with Gasteiger partial charge in [-0.3, -0.25) is 19.0 Å². The molecule has 152 valence electrons. The van der Waals surface area contributed by atoms with Gasteiger partial charge in [0, 0.05) is 11.6 Å². The van der Waals surface area contributed by atoms with Gasteiger partial charge in [0.1, 0.15) is 5.00 Å². The second-order valence-electron chi connectivity index (χ2n) is 6.73. The molecule has 0 aliphatic rings. The number of halogens is 1. The van der Waals surface area contributed by atoms with Crippen molar-refractivity contribution in [3.05, 3.63) is 50.6 Å². The summed E-state index contributed by atoms with van der Waals surface area (Å²) >= 11 is 8.41. The molecular weight excluding hydrogens is 432 g/mol. The number of hydrogen-bond acceptors (Lipinski definition) is 6. The summed E-state index contributed by atoms with van der Waals surface area (Å²) in [6, 6.07) is 6.51. The van der Waals surface area contributed by atoms with Crippen LogP contribution in [0.2, 0.25) is 5.02 Å². The minimum atomic E-state index is -0.604. The molecule has 0 spiro atoms. The number of aromatic nitrogens is 2. The predicted octanol–water partition coefficient (Wildman–Crippen LogP) is 3.60. The molecule has 3 rings (SSSR count). The molecule has 10 heteroatoms. The number of thiophene rings is 1. The minimum absolute atomic E-state index is 0.0205. The first kappa shape index (κ1) is 21.4. The molecule has 0 bridgehead atoms. The number of benzene rings is 1. The van der Waals surface area contributed by atoms with E-state index < -0.39 is 5.91 Å². The molecule has 0 aliphatic carbocycles.